The number of carboxylic acid groups (broad SMARTS) is 1. The van der Waals surface area contributed by atoms with Crippen molar-refractivity contribution in [2.75, 3.05) is 48.1 Å². The lowest BCUT2D eigenvalue weighted by Crippen LogP contribution is -2.24. The second-order valence-electron chi connectivity index (χ2n) is 8.46. The topological polar surface area (TPSA) is 143 Å². The van der Waals surface area contributed by atoms with E-state index in [0.717, 1.165) is 10.6 Å². The fourth-order valence-electron chi connectivity index (χ4n) is 3.27. The summed E-state index contributed by atoms with van der Waals surface area (Å²) in [5.74, 6) is -0.975. The maximum atomic E-state index is 13.6. The van der Waals surface area contributed by atoms with Gasteiger partial charge in [0.1, 0.15) is 23.7 Å². The molecule has 0 aliphatic rings. The van der Waals surface area contributed by atoms with Gasteiger partial charge in [-0.05, 0) is 42.0 Å². The SMILES string of the molecule is CN(c1cccc(CNc2nc(Nc3ccc(OCCOCCC(=O)O)cc3)ncc2C(F)(F)F)c1)S(C)(=O)=O. The second-order valence-corrected chi connectivity index (χ2v) is 10.5. The van der Waals surface area contributed by atoms with Crippen LogP contribution in [0.25, 0.3) is 0 Å². The van der Waals surface area contributed by atoms with E-state index in [0.29, 0.717) is 28.9 Å². The minimum atomic E-state index is -4.71. The number of alkyl halides is 3. The molecule has 3 aromatic rings. The Labute approximate surface area is 229 Å². The van der Waals surface area contributed by atoms with Gasteiger partial charge in [0, 0.05) is 25.5 Å². The summed E-state index contributed by atoms with van der Waals surface area (Å²) in [7, 11) is -2.13. The number of carbonyl (C=O) groups is 1. The number of sulfonamides is 1. The Kier molecular flexibility index (Phi) is 10.1. The molecule has 0 unspecified atom stereocenters. The van der Waals surface area contributed by atoms with Gasteiger partial charge in [0.2, 0.25) is 16.0 Å². The van der Waals surface area contributed by atoms with Crippen LogP contribution in [0.5, 0.6) is 5.75 Å². The molecule has 2 aromatic carbocycles. The van der Waals surface area contributed by atoms with Crippen LogP contribution in [0.1, 0.15) is 17.5 Å². The smallest absolute Gasteiger partial charge is 0.421 e. The number of nitrogens with one attached hydrogen (secondary N) is 2. The number of carboxylic acids is 1. The van der Waals surface area contributed by atoms with Crippen LogP contribution in [0, 0.1) is 0 Å². The molecule has 3 rings (SSSR count). The van der Waals surface area contributed by atoms with Crippen molar-refractivity contribution >= 4 is 39.1 Å². The highest BCUT2D eigenvalue weighted by Crippen LogP contribution is 2.34. The van der Waals surface area contributed by atoms with E-state index >= 15 is 0 Å². The lowest BCUT2D eigenvalue weighted by Gasteiger charge is -2.18. The van der Waals surface area contributed by atoms with Crippen LogP contribution < -0.4 is 19.7 Å². The summed E-state index contributed by atoms with van der Waals surface area (Å²) in [6.45, 7) is 0.438. The third kappa shape index (κ3) is 9.27. The van der Waals surface area contributed by atoms with Crippen LogP contribution >= 0.6 is 0 Å². The number of halogens is 3. The Morgan fingerprint density at radius 2 is 1.82 bits per heavy atom. The van der Waals surface area contributed by atoms with E-state index < -0.39 is 33.6 Å². The number of hydrogen-bond donors (Lipinski definition) is 3. The summed E-state index contributed by atoms with van der Waals surface area (Å²) < 4.78 is 76.2. The normalized spacial score (nSPS) is 11.6. The van der Waals surface area contributed by atoms with Crippen LogP contribution in [-0.4, -0.2) is 62.6 Å². The predicted octanol–water partition coefficient (Wildman–Crippen LogP) is 4.12. The summed E-state index contributed by atoms with van der Waals surface area (Å²) in [5.41, 5.74) is 0.335. The summed E-state index contributed by atoms with van der Waals surface area (Å²) in [4.78, 5) is 18.2. The first-order valence-corrected chi connectivity index (χ1v) is 13.7. The molecule has 1 aromatic heterocycles. The van der Waals surface area contributed by atoms with Crippen LogP contribution in [-0.2, 0) is 32.3 Å². The van der Waals surface area contributed by atoms with Gasteiger partial charge in [-0.1, -0.05) is 12.1 Å². The Morgan fingerprint density at radius 1 is 1.10 bits per heavy atom. The fraction of sp³-hybridized carbons (Fsp3) is 0.320. The number of ether oxygens (including phenoxy) is 2. The predicted molar refractivity (Wildman–Crippen MR) is 142 cm³/mol. The molecule has 0 saturated heterocycles. The molecule has 0 aliphatic heterocycles. The molecular formula is C25H28F3N5O6S. The van der Waals surface area contributed by atoms with Crippen molar-refractivity contribution in [2.24, 2.45) is 0 Å². The van der Waals surface area contributed by atoms with Crippen molar-refractivity contribution < 1.29 is 41.0 Å². The Bertz CT molecular complexity index is 1400. The Hall–Kier alpha value is -4.11. The third-order valence-electron chi connectivity index (χ3n) is 5.39. The van der Waals surface area contributed by atoms with Gasteiger partial charge in [-0.15, -0.1) is 0 Å². The molecular weight excluding hydrogens is 555 g/mol. The van der Waals surface area contributed by atoms with E-state index in [1.54, 1.807) is 48.5 Å². The molecule has 11 nitrogen and oxygen atoms in total. The zero-order chi connectivity index (χ0) is 29.3. The highest BCUT2D eigenvalue weighted by molar-refractivity contribution is 7.92. The van der Waals surface area contributed by atoms with E-state index in [2.05, 4.69) is 20.6 Å². The summed E-state index contributed by atoms with van der Waals surface area (Å²) >= 11 is 0. The van der Waals surface area contributed by atoms with Gasteiger partial charge < -0.3 is 25.2 Å². The molecule has 40 heavy (non-hydrogen) atoms. The number of benzene rings is 2. The van der Waals surface area contributed by atoms with E-state index in [1.807, 2.05) is 0 Å². The van der Waals surface area contributed by atoms with Crippen molar-refractivity contribution in [3.63, 3.8) is 0 Å². The van der Waals surface area contributed by atoms with Gasteiger partial charge in [-0.2, -0.15) is 18.2 Å². The summed E-state index contributed by atoms with van der Waals surface area (Å²) in [5, 5.41) is 14.1. The third-order valence-corrected chi connectivity index (χ3v) is 6.60. The lowest BCUT2D eigenvalue weighted by molar-refractivity contribution is -0.138. The molecule has 0 atom stereocenters. The molecule has 3 N–H and O–H groups in total. The number of aliphatic carboxylic acids is 1. The highest BCUT2D eigenvalue weighted by atomic mass is 32.2. The van der Waals surface area contributed by atoms with Gasteiger partial charge in [0.05, 0.1) is 31.6 Å². The average molecular weight is 584 g/mol. The van der Waals surface area contributed by atoms with Gasteiger partial charge in [-0.3, -0.25) is 9.10 Å². The van der Waals surface area contributed by atoms with Gasteiger partial charge >= 0.3 is 12.1 Å². The number of rotatable bonds is 14. The average Bonchev–Trinajstić information content (AvgIpc) is 2.89. The zero-order valence-corrected chi connectivity index (χ0v) is 22.4. The summed E-state index contributed by atoms with van der Waals surface area (Å²) in [6, 6.07) is 12.9. The summed E-state index contributed by atoms with van der Waals surface area (Å²) in [6.07, 6.45) is -3.09. The largest absolute Gasteiger partial charge is 0.491 e. The molecule has 0 saturated carbocycles. The van der Waals surface area contributed by atoms with Crippen LogP contribution in [0.3, 0.4) is 0 Å². The monoisotopic (exact) mass is 583 g/mol. The molecule has 216 valence electrons. The maximum absolute atomic E-state index is 13.6. The van der Waals surface area contributed by atoms with E-state index in [9.17, 15) is 26.4 Å². The lowest BCUT2D eigenvalue weighted by atomic mass is 10.2. The molecule has 0 spiro atoms. The number of anilines is 4. The van der Waals surface area contributed by atoms with Crippen molar-refractivity contribution in [3.8, 4) is 5.75 Å². The molecule has 0 aliphatic carbocycles. The Morgan fingerprint density at radius 3 is 2.48 bits per heavy atom. The first kappa shape index (κ1) is 30.4. The van der Waals surface area contributed by atoms with E-state index in [1.165, 1.54) is 7.05 Å². The number of nitrogens with zero attached hydrogens (tertiary/aromatic N) is 3. The fourth-order valence-corrected chi connectivity index (χ4v) is 3.76. The minimum absolute atomic E-state index is 0.0585. The molecule has 1 heterocycles. The minimum Gasteiger partial charge on any atom is -0.491 e. The van der Waals surface area contributed by atoms with Crippen LogP contribution in [0.15, 0.2) is 54.7 Å². The quantitative estimate of drug-likeness (QED) is 0.237. The van der Waals surface area contributed by atoms with E-state index in [-0.39, 0.29) is 38.7 Å². The molecule has 0 fully saturated rings. The number of aromatic nitrogens is 2. The van der Waals surface area contributed by atoms with Crippen molar-refractivity contribution in [3.05, 3.63) is 65.9 Å². The molecule has 0 amide bonds. The first-order valence-electron chi connectivity index (χ1n) is 11.8. The van der Waals surface area contributed by atoms with Crippen molar-refractivity contribution in [2.45, 2.75) is 19.1 Å². The highest BCUT2D eigenvalue weighted by Gasteiger charge is 2.35. The maximum Gasteiger partial charge on any atom is 0.421 e. The van der Waals surface area contributed by atoms with Crippen LogP contribution in [0.4, 0.5) is 36.3 Å². The van der Waals surface area contributed by atoms with Crippen molar-refractivity contribution in [1.82, 2.24) is 9.97 Å². The Balaban J connectivity index is 1.66. The van der Waals surface area contributed by atoms with Gasteiger partial charge in [0.15, 0.2) is 0 Å². The standard InChI is InChI=1S/C25H28F3N5O6S/c1-33(40(2,36)37)19-5-3-4-17(14-19)15-29-23-21(25(26,27)28)16-30-24(32-23)31-18-6-8-20(9-7-18)39-13-12-38-11-10-22(34)35/h3-9,14,16H,10-13,15H2,1-2H3,(H,34,35)(H2,29,30,31,32). The molecule has 0 bridgehead atoms. The zero-order valence-electron chi connectivity index (χ0n) is 21.6. The second kappa shape index (κ2) is 13.3. The van der Waals surface area contributed by atoms with Crippen molar-refractivity contribution in [1.29, 1.82) is 0 Å². The van der Waals surface area contributed by atoms with Crippen LogP contribution in [0.2, 0.25) is 0 Å². The van der Waals surface area contributed by atoms with Gasteiger partial charge in [-0.25, -0.2) is 13.4 Å². The molecule has 0 radical (unpaired) electrons. The number of hydrogen-bond acceptors (Lipinski definition) is 9. The van der Waals surface area contributed by atoms with Gasteiger partial charge in [0.25, 0.3) is 0 Å². The van der Waals surface area contributed by atoms with E-state index in [4.69, 9.17) is 14.6 Å². The molecule has 15 heteroatoms. The first-order chi connectivity index (χ1) is 18.8.